The predicted molar refractivity (Wildman–Crippen MR) is 120 cm³/mol. The Labute approximate surface area is 200 Å². The second-order valence-corrected chi connectivity index (χ2v) is 9.76. The van der Waals surface area contributed by atoms with Crippen LogP contribution in [-0.2, 0) is 5.54 Å². The predicted octanol–water partition coefficient (Wildman–Crippen LogP) is 3.07. The molecule has 2 unspecified atom stereocenters. The highest BCUT2D eigenvalue weighted by molar-refractivity contribution is 7.15. The summed E-state index contributed by atoms with van der Waals surface area (Å²) in [5.41, 5.74) is 0.768. The molecule has 14 heteroatoms. The smallest absolute Gasteiger partial charge is 0.299 e. The lowest BCUT2D eigenvalue weighted by Gasteiger charge is -2.17. The van der Waals surface area contributed by atoms with Crippen LogP contribution in [0.4, 0.5) is 8.78 Å². The minimum Gasteiger partial charge on any atom is -0.339 e. The molecular formula is C21H18F2N10OS. The number of imidazole rings is 1. The van der Waals surface area contributed by atoms with Crippen molar-refractivity contribution >= 4 is 22.9 Å². The van der Waals surface area contributed by atoms with Gasteiger partial charge in [-0.05, 0) is 47.9 Å². The third-order valence-electron chi connectivity index (χ3n) is 6.24. The molecule has 1 amide bonds. The Kier molecular flexibility index (Phi) is 4.74. The van der Waals surface area contributed by atoms with Gasteiger partial charge in [0.2, 0.25) is 5.82 Å². The number of nitrogens with one attached hydrogen (secondary N) is 2. The van der Waals surface area contributed by atoms with Crippen molar-refractivity contribution in [1.29, 1.82) is 0 Å². The molecule has 5 heterocycles. The minimum absolute atomic E-state index is 0.144. The summed E-state index contributed by atoms with van der Waals surface area (Å²) in [7, 11) is 0. The number of fused-ring (bicyclic) bond motifs is 1. The zero-order valence-corrected chi connectivity index (χ0v) is 19.3. The van der Waals surface area contributed by atoms with E-state index >= 15 is 0 Å². The summed E-state index contributed by atoms with van der Waals surface area (Å²) in [4.78, 5) is 24.2. The van der Waals surface area contributed by atoms with Gasteiger partial charge in [-0.25, -0.2) is 18.7 Å². The lowest BCUT2D eigenvalue weighted by Crippen LogP contribution is -2.37. The molecule has 0 bridgehead atoms. The summed E-state index contributed by atoms with van der Waals surface area (Å²) in [5.74, 6) is -0.333. The molecule has 2 atom stereocenters. The molecule has 35 heavy (non-hydrogen) atoms. The van der Waals surface area contributed by atoms with E-state index in [1.165, 1.54) is 12.4 Å². The molecule has 178 valence electrons. The molecule has 0 aliphatic heterocycles. The van der Waals surface area contributed by atoms with Crippen molar-refractivity contribution in [2.75, 3.05) is 0 Å². The zero-order valence-electron chi connectivity index (χ0n) is 18.5. The van der Waals surface area contributed by atoms with E-state index in [-0.39, 0.29) is 17.2 Å². The Morgan fingerprint density at radius 1 is 1.34 bits per heavy atom. The van der Waals surface area contributed by atoms with E-state index in [0.717, 1.165) is 14.4 Å². The van der Waals surface area contributed by atoms with Gasteiger partial charge in [-0.3, -0.25) is 14.3 Å². The number of alkyl halides is 2. The molecule has 11 nitrogen and oxygen atoms in total. The van der Waals surface area contributed by atoms with Crippen molar-refractivity contribution in [2.24, 2.45) is 5.92 Å². The zero-order chi connectivity index (χ0) is 24.3. The number of aromatic amines is 1. The number of tetrazole rings is 1. The van der Waals surface area contributed by atoms with Crippen molar-refractivity contribution in [3.8, 4) is 16.3 Å². The topological polar surface area (TPSA) is 132 Å². The molecule has 5 aromatic rings. The number of halogens is 2. The van der Waals surface area contributed by atoms with E-state index < -0.39 is 23.7 Å². The Balaban J connectivity index is 1.50. The van der Waals surface area contributed by atoms with Gasteiger partial charge >= 0.3 is 0 Å². The molecule has 0 radical (unpaired) electrons. The average molecular weight is 497 g/mol. The van der Waals surface area contributed by atoms with Crippen LogP contribution in [0.3, 0.4) is 0 Å². The van der Waals surface area contributed by atoms with Crippen molar-refractivity contribution in [1.82, 2.24) is 50.1 Å². The fourth-order valence-electron chi connectivity index (χ4n) is 4.29. The maximum atomic E-state index is 13.6. The Hall–Kier alpha value is -4.07. The number of aromatic nitrogens is 9. The summed E-state index contributed by atoms with van der Waals surface area (Å²) in [6.07, 6.45) is 2.44. The van der Waals surface area contributed by atoms with Crippen LogP contribution < -0.4 is 5.32 Å². The lowest BCUT2D eigenvalue weighted by atomic mass is 10.1. The van der Waals surface area contributed by atoms with Crippen molar-refractivity contribution in [3.05, 3.63) is 59.0 Å². The maximum absolute atomic E-state index is 13.6. The van der Waals surface area contributed by atoms with E-state index in [0.29, 0.717) is 23.6 Å². The number of hydrogen-bond donors (Lipinski definition) is 2. The van der Waals surface area contributed by atoms with Crippen LogP contribution in [0.25, 0.3) is 21.9 Å². The molecule has 5 aromatic heterocycles. The van der Waals surface area contributed by atoms with Crippen LogP contribution in [0.5, 0.6) is 0 Å². The quantitative estimate of drug-likeness (QED) is 0.369. The summed E-state index contributed by atoms with van der Waals surface area (Å²) >= 11 is 1.56. The van der Waals surface area contributed by atoms with Crippen LogP contribution in [0, 0.1) is 12.8 Å². The average Bonchev–Trinajstić information content (AvgIpc) is 3.47. The highest BCUT2D eigenvalue weighted by Crippen LogP contribution is 2.50. The number of rotatable bonds is 6. The van der Waals surface area contributed by atoms with Crippen molar-refractivity contribution < 1.29 is 13.6 Å². The van der Waals surface area contributed by atoms with Crippen LogP contribution in [0.1, 0.15) is 46.7 Å². The number of aryl methyl sites for hydroxylation is 1. The minimum atomic E-state index is -2.92. The molecule has 1 aliphatic rings. The van der Waals surface area contributed by atoms with Crippen LogP contribution in [-0.4, -0.2) is 50.7 Å². The second-order valence-electron chi connectivity index (χ2n) is 8.48. The molecule has 0 saturated heterocycles. The highest BCUT2D eigenvalue weighted by atomic mass is 32.1. The van der Waals surface area contributed by atoms with E-state index in [2.05, 4.69) is 41.0 Å². The van der Waals surface area contributed by atoms with Gasteiger partial charge in [-0.1, -0.05) is 6.92 Å². The number of thiophene rings is 1. The van der Waals surface area contributed by atoms with Crippen LogP contribution in [0.15, 0.2) is 36.9 Å². The maximum Gasteiger partial charge on any atom is 0.299 e. The SMILES string of the molecule is Cc1ccc(-c2cnc3c(-n4nnnc4C(F)F)cc(C(=O)NC4(c5ncn[nH]5)CC4C)cn23)s1. The van der Waals surface area contributed by atoms with Crippen LogP contribution in [0.2, 0.25) is 0 Å². The van der Waals surface area contributed by atoms with E-state index in [1.807, 2.05) is 26.0 Å². The van der Waals surface area contributed by atoms with Gasteiger partial charge in [0.1, 0.15) is 23.4 Å². The number of pyridine rings is 1. The van der Waals surface area contributed by atoms with Gasteiger partial charge in [-0.15, -0.1) is 16.4 Å². The van der Waals surface area contributed by atoms with E-state index in [1.54, 1.807) is 28.1 Å². The van der Waals surface area contributed by atoms with Gasteiger partial charge in [0.15, 0.2) is 5.65 Å². The number of carbonyl (C=O) groups excluding carboxylic acids is 1. The van der Waals surface area contributed by atoms with E-state index in [9.17, 15) is 13.6 Å². The molecular weight excluding hydrogens is 478 g/mol. The number of hydrogen-bond acceptors (Lipinski definition) is 8. The lowest BCUT2D eigenvalue weighted by molar-refractivity contribution is 0.0924. The third-order valence-corrected chi connectivity index (χ3v) is 7.27. The van der Waals surface area contributed by atoms with Gasteiger partial charge in [-0.2, -0.15) is 9.78 Å². The van der Waals surface area contributed by atoms with Crippen molar-refractivity contribution in [3.63, 3.8) is 0 Å². The number of amides is 1. The summed E-state index contributed by atoms with van der Waals surface area (Å²) < 4.78 is 29.9. The molecule has 0 spiro atoms. The fraction of sp³-hybridized carbons (Fsp3) is 0.286. The Bertz CT molecular complexity index is 1560. The standard InChI is InChI=1S/C21H18F2N10OS/c1-10-6-21(10,20-25-9-26-29-20)27-19(34)12-5-13(33-18(16(22)23)28-30-31-33)17-24-7-14(32(17)8-12)15-4-3-11(2)35-15/h3-5,7-10,16H,6H2,1-2H3,(H,27,34)(H,25,26,29). The van der Waals surface area contributed by atoms with Gasteiger partial charge in [0, 0.05) is 11.1 Å². The molecule has 1 aliphatic carbocycles. The van der Waals surface area contributed by atoms with Gasteiger partial charge in [0.05, 0.1) is 22.3 Å². The van der Waals surface area contributed by atoms with E-state index in [4.69, 9.17) is 0 Å². The van der Waals surface area contributed by atoms with Crippen molar-refractivity contribution in [2.45, 2.75) is 32.2 Å². The second kappa shape index (κ2) is 7.73. The normalized spacial score (nSPS) is 19.5. The summed E-state index contributed by atoms with van der Waals surface area (Å²) in [6.45, 7) is 3.98. The first-order chi connectivity index (χ1) is 16.9. The number of carbonyl (C=O) groups is 1. The van der Waals surface area contributed by atoms with Gasteiger partial charge in [0.25, 0.3) is 12.3 Å². The molecule has 1 saturated carbocycles. The monoisotopic (exact) mass is 496 g/mol. The largest absolute Gasteiger partial charge is 0.339 e. The number of nitrogens with zero attached hydrogens (tertiary/aromatic N) is 8. The fourth-order valence-corrected chi connectivity index (χ4v) is 5.16. The first kappa shape index (κ1) is 21.5. The first-order valence-electron chi connectivity index (χ1n) is 10.7. The number of H-pyrrole nitrogens is 1. The van der Waals surface area contributed by atoms with Gasteiger partial charge < -0.3 is 5.32 Å². The molecule has 0 aromatic carbocycles. The molecule has 6 rings (SSSR count). The molecule has 1 fully saturated rings. The highest BCUT2D eigenvalue weighted by Gasteiger charge is 2.56. The van der Waals surface area contributed by atoms with Crippen LogP contribution >= 0.6 is 11.3 Å². The summed E-state index contributed by atoms with van der Waals surface area (Å²) in [6, 6.07) is 5.38. The Morgan fingerprint density at radius 2 is 2.17 bits per heavy atom. The third kappa shape index (κ3) is 3.39. The molecule has 2 N–H and O–H groups in total. The summed E-state index contributed by atoms with van der Waals surface area (Å²) in [5, 5.41) is 20.4. The Morgan fingerprint density at radius 3 is 2.83 bits per heavy atom. The first-order valence-corrected chi connectivity index (χ1v) is 11.5.